The van der Waals surface area contributed by atoms with Gasteiger partial charge in [-0.3, -0.25) is 4.79 Å². The number of benzene rings is 2. The Labute approximate surface area is 136 Å². The van der Waals surface area contributed by atoms with Crippen molar-refractivity contribution in [2.24, 2.45) is 0 Å². The molecule has 0 N–H and O–H groups in total. The number of fused-ring (bicyclic) bond motifs is 1. The van der Waals surface area contributed by atoms with Crippen molar-refractivity contribution < 1.29 is 19.0 Å². The Kier molecular flexibility index (Phi) is 4.24. The summed E-state index contributed by atoms with van der Waals surface area (Å²) in [6, 6.07) is 11.1. The van der Waals surface area contributed by atoms with Gasteiger partial charge < -0.3 is 14.2 Å². The fourth-order valence-electron chi connectivity index (χ4n) is 2.55. The molecule has 0 aliphatic carbocycles. The first-order chi connectivity index (χ1) is 11.1. The Bertz CT molecular complexity index is 717. The van der Waals surface area contributed by atoms with E-state index in [2.05, 4.69) is 13.8 Å². The first kappa shape index (κ1) is 15.4. The van der Waals surface area contributed by atoms with Gasteiger partial charge in [-0.05, 0) is 24.5 Å². The van der Waals surface area contributed by atoms with Gasteiger partial charge in [0.05, 0.1) is 12.2 Å². The van der Waals surface area contributed by atoms with Gasteiger partial charge in [0.2, 0.25) is 6.79 Å². The lowest BCUT2D eigenvalue weighted by molar-refractivity contribution is 0.103. The molecule has 120 valence electrons. The summed E-state index contributed by atoms with van der Waals surface area (Å²) in [7, 11) is 0. The summed E-state index contributed by atoms with van der Waals surface area (Å²) in [5.41, 5.74) is 2.33. The average Bonchev–Trinajstić information content (AvgIpc) is 3.01. The minimum absolute atomic E-state index is 0.0814. The Morgan fingerprint density at radius 3 is 2.39 bits per heavy atom. The van der Waals surface area contributed by atoms with Gasteiger partial charge in [0.1, 0.15) is 5.75 Å². The predicted molar refractivity (Wildman–Crippen MR) is 87.7 cm³/mol. The van der Waals surface area contributed by atoms with Crippen molar-refractivity contribution in [2.75, 3.05) is 13.4 Å². The second-order valence-electron chi connectivity index (χ2n) is 5.74. The SMILES string of the molecule is CCOc1cc2c(cc1C(=O)c1ccc(C(C)C)cc1)OCO2. The maximum absolute atomic E-state index is 12.8. The molecule has 0 spiro atoms. The summed E-state index contributed by atoms with van der Waals surface area (Å²) < 4.78 is 16.3. The van der Waals surface area contributed by atoms with E-state index in [9.17, 15) is 4.79 Å². The van der Waals surface area contributed by atoms with Crippen molar-refractivity contribution in [1.29, 1.82) is 0 Å². The fourth-order valence-corrected chi connectivity index (χ4v) is 2.55. The molecule has 0 unspecified atom stereocenters. The molecule has 1 aliphatic heterocycles. The van der Waals surface area contributed by atoms with Crippen LogP contribution in [0.1, 0.15) is 48.2 Å². The monoisotopic (exact) mass is 312 g/mol. The van der Waals surface area contributed by atoms with Crippen LogP contribution in [0.4, 0.5) is 0 Å². The van der Waals surface area contributed by atoms with E-state index >= 15 is 0 Å². The van der Waals surface area contributed by atoms with Gasteiger partial charge in [-0.15, -0.1) is 0 Å². The van der Waals surface area contributed by atoms with Crippen molar-refractivity contribution in [1.82, 2.24) is 0 Å². The van der Waals surface area contributed by atoms with Crippen molar-refractivity contribution in [3.63, 3.8) is 0 Å². The van der Waals surface area contributed by atoms with Crippen molar-refractivity contribution in [2.45, 2.75) is 26.7 Å². The number of rotatable bonds is 5. The molecular weight excluding hydrogens is 292 g/mol. The fraction of sp³-hybridized carbons (Fsp3) is 0.316. The molecule has 0 radical (unpaired) electrons. The molecule has 0 fully saturated rings. The number of hydrogen-bond acceptors (Lipinski definition) is 4. The van der Waals surface area contributed by atoms with Crippen molar-refractivity contribution in [3.8, 4) is 17.2 Å². The number of hydrogen-bond donors (Lipinski definition) is 0. The second kappa shape index (κ2) is 6.32. The summed E-state index contributed by atoms with van der Waals surface area (Å²) in [5, 5.41) is 0. The quantitative estimate of drug-likeness (QED) is 0.777. The number of ether oxygens (including phenoxy) is 3. The predicted octanol–water partition coefficient (Wildman–Crippen LogP) is 4.17. The lowest BCUT2D eigenvalue weighted by atomic mass is 9.97. The zero-order valence-electron chi connectivity index (χ0n) is 13.6. The van der Waals surface area contributed by atoms with Gasteiger partial charge in [-0.1, -0.05) is 38.1 Å². The van der Waals surface area contributed by atoms with E-state index in [-0.39, 0.29) is 12.6 Å². The van der Waals surface area contributed by atoms with Gasteiger partial charge in [0.15, 0.2) is 17.3 Å². The maximum atomic E-state index is 12.8. The van der Waals surface area contributed by atoms with Gasteiger partial charge >= 0.3 is 0 Å². The molecule has 4 nitrogen and oxygen atoms in total. The van der Waals surface area contributed by atoms with Crippen LogP contribution in [0.15, 0.2) is 36.4 Å². The molecule has 2 aromatic carbocycles. The molecule has 0 saturated heterocycles. The topological polar surface area (TPSA) is 44.8 Å². The van der Waals surface area contributed by atoms with E-state index in [1.165, 1.54) is 5.56 Å². The smallest absolute Gasteiger partial charge is 0.231 e. The summed E-state index contributed by atoms with van der Waals surface area (Å²) in [6.45, 7) is 6.79. The highest BCUT2D eigenvalue weighted by atomic mass is 16.7. The highest BCUT2D eigenvalue weighted by molar-refractivity contribution is 6.11. The van der Waals surface area contributed by atoms with Crippen LogP contribution in [0.5, 0.6) is 17.2 Å². The third-order valence-electron chi connectivity index (χ3n) is 3.86. The minimum Gasteiger partial charge on any atom is -0.493 e. The summed E-state index contributed by atoms with van der Waals surface area (Å²) in [5.74, 6) is 2.07. The van der Waals surface area contributed by atoms with E-state index < -0.39 is 0 Å². The molecule has 0 amide bonds. The zero-order valence-corrected chi connectivity index (χ0v) is 13.6. The second-order valence-corrected chi connectivity index (χ2v) is 5.74. The normalized spacial score (nSPS) is 12.5. The molecule has 2 aromatic rings. The van der Waals surface area contributed by atoms with E-state index in [1.54, 1.807) is 12.1 Å². The van der Waals surface area contributed by atoms with Gasteiger partial charge in [-0.25, -0.2) is 0 Å². The summed E-state index contributed by atoms with van der Waals surface area (Å²) >= 11 is 0. The van der Waals surface area contributed by atoms with Crippen LogP contribution in [0.2, 0.25) is 0 Å². The van der Waals surface area contributed by atoms with E-state index in [1.807, 2.05) is 31.2 Å². The van der Waals surface area contributed by atoms with E-state index in [0.717, 1.165) is 0 Å². The maximum Gasteiger partial charge on any atom is 0.231 e. The Morgan fingerprint density at radius 2 is 1.78 bits per heavy atom. The Hall–Kier alpha value is -2.49. The molecular formula is C19H20O4. The van der Waals surface area contributed by atoms with Crippen LogP contribution >= 0.6 is 0 Å². The molecule has 0 bridgehead atoms. The lowest BCUT2D eigenvalue weighted by Gasteiger charge is -2.11. The third-order valence-corrected chi connectivity index (χ3v) is 3.86. The molecule has 4 heteroatoms. The third kappa shape index (κ3) is 3.02. The molecule has 0 atom stereocenters. The first-order valence-corrected chi connectivity index (χ1v) is 7.81. The molecule has 1 aliphatic rings. The molecule has 0 saturated carbocycles. The zero-order chi connectivity index (χ0) is 16.4. The number of ketones is 1. The van der Waals surface area contributed by atoms with E-state index in [4.69, 9.17) is 14.2 Å². The highest BCUT2D eigenvalue weighted by Gasteiger charge is 2.22. The van der Waals surface area contributed by atoms with Crippen LogP contribution in [0, 0.1) is 0 Å². The van der Waals surface area contributed by atoms with Gasteiger partial charge in [0, 0.05) is 11.6 Å². The van der Waals surface area contributed by atoms with Gasteiger partial charge in [0.25, 0.3) is 0 Å². The lowest BCUT2D eigenvalue weighted by Crippen LogP contribution is -2.06. The van der Waals surface area contributed by atoms with Crippen LogP contribution in [0.3, 0.4) is 0 Å². The van der Waals surface area contributed by atoms with Crippen LogP contribution in [-0.4, -0.2) is 19.2 Å². The van der Waals surface area contributed by atoms with E-state index in [0.29, 0.717) is 40.9 Å². The Morgan fingerprint density at radius 1 is 1.13 bits per heavy atom. The minimum atomic E-state index is -0.0814. The van der Waals surface area contributed by atoms with Gasteiger partial charge in [-0.2, -0.15) is 0 Å². The number of carbonyl (C=O) groups is 1. The first-order valence-electron chi connectivity index (χ1n) is 7.81. The molecule has 1 heterocycles. The van der Waals surface area contributed by atoms with Crippen LogP contribution in [0.25, 0.3) is 0 Å². The molecule has 0 aromatic heterocycles. The number of carbonyl (C=O) groups excluding carboxylic acids is 1. The summed E-state index contributed by atoms with van der Waals surface area (Å²) in [4.78, 5) is 12.8. The van der Waals surface area contributed by atoms with Crippen LogP contribution in [-0.2, 0) is 0 Å². The molecule has 3 rings (SSSR count). The molecule has 23 heavy (non-hydrogen) atoms. The van der Waals surface area contributed by atoms with Crippen molar-refractivity contribution in [3.05, 3.63) is 53.1 Å². The standard InChI is InChI=1S/C19H20O4/c1-4-21-16-10-18-17(22-11-23-18)9-15(16)19(20)14-7-5-13(6-8-14)12(2)3/h5-10,12H,4,11H2,1-3H3. The van der Waals surface area contributed by atoms with Crippen molar-refractivity contribution >= 4 is 5.78 Å². The highest BCUT2D eigenvalue weighted by Crippen LogP contribution is 2.39. The largest absolute Gasteiger partial charge is 0.493 e. The Balaban J connectivity index is 1.97. The van der Waals surface area contributed by atoms with Crippen LogP contribution < -0.4 is 14.2 Å². The average molecular weight is 312 g/mol. The summed E-state index contributed by atoms with van der Waals surface area (Å²) in [6.07, 6.45) is 0.